The minimum absolute atomic E-state index is 0.130. The zero-order chi connectivity index (χ0) is 19.5. The molecule has 1 aliphatic heterocycles. The summed E-state index contributed by atoms with van der Waals surface area (Å²) < 4.78 is 24.2. The molecule has 1 N–H and O–H groups in total. The lowest BCUT2D eigenvalue weighted by Crippen LogP contribution is -2.36. The number of aryl methyl sites for hydroxylation is 1. The fraction of sp³-hybridized carbons (Fsp3) is 0.286. The second-order valence-electron chi connectivity index (χ2n) is 6.78. The van der Waals surface area contributed by atoms with Crippen molar-refractivity contribution in [2.75, 3.05) is 6.61 Å². The minimum atomic E-state index is -0.339. The van der Waals surface area contributed by atoms with Crippen molar-refractivity contribution in [3.63, 3.8) is 0 Å². The molecular weight excluding hydrogens is 361 g/mol. The Labute approximate surface area is 161 Å². The Morgan fingerprint density at radius 3 is 2.54 bits per heavy atom. The van der Waals surface area contributed by atoms with E-state index in [9.17, 15) is 9.18 Å². The van der Waals surface area contributed by atoms with Gasteiger partial charge in [0.05, 0.1) is 12.1 Å². The van der Waals surface area contributed by atoms with Gasteiger partial charge in [0.1, 0.15) is 5.82 Å². The third-order valence-electron chi connectivity index (χ3n) is 4.77. The van der Waals surface area contributed by atoms with Gasteiger partial charge in [-0.2, -0.15) is 4.98 Å². The third-order valence-corrected chi connectivity index (χ3v) is 4.77. The van der Waals surface area contributed by atoms with Crippen LogP contribution in [0.2, 0.25) is 0 Å². The SMILES string of the molecule is Cc1noc(-c2ccc(C(=O)N[C@@H](c3ccc(F)cc3)[C@@H]3CCCO3)cc2)n1. The normalized spacial score (nSPS) is 17.4. The maximum atomic E-state index is 13.3. The molecule has 0 spiro atoms. The van der Waals surface area contributed by atoms with Crippen LogP contribution in [0, 0.1) is 12.7 Å². The Kier molecular flexibility index (Phi) is 5.16. The second-order valence-corrected chi connectivity index (χ2v) is 6.78. The Bertz CT molecular complexity index is 948. The van der Waals surface area contributed by atoms with Gasteiger partial charge in [-0.3, -0.25) is 4.79 Å². The van der Waals surface area contributed by atoms with Gasteiger partial charge in [0.2, 0.25) is 0 Å². The summed E-state index contributed by atoms with van der Waals surface area (Å²) in [6.45, 7) is 2.41. The van der Waals surface area contributed by atoms with E-state index in [1.807, 2.05) is 0 Å². The number of benzene rings is 2. The monoisotopic (exact) mass is 381 g/mol. The summed E-state index contributed by atoms with van der Waals surface area (Å²) in [5.41, 5.74) is 2.07. The lowest BCUT2D eigenvalue weighted by molar-refractivity contribution is 0.0672. The van der Waals surface area contributed by atoms with E-state index >= 15 is 0 Å². The van der Waals surface area contributed by atoms with E-state index in [4.69, 9.17) is 9.26 Å². The van der Waals surface area contributed by atoms with E-state index in [1.54, 1.807) is 43.3 Å². The first-order chi connectivity index (χ1) is 13.6. The largest absolute Gasteiger partial charge is 0.376 e. The molecule has 2 atom stereocenters. The maximum Gasteiger partial charge on any atom is 0.257 e. The summed E-state index contributed by atoms with van der Waals surface area (Å²) in [4.78, 5) is 17.0. The van der Waals surface area contributed by atoms with Gasteiger partial charge < -0.3 is 14.6 Å². The first-order valence-corrected chi connectivity index (χ1v) is 9.19. The zero-order valence-electron chi connectivity index (χ0n) is 15.4. The molecule has 1 aliphatic rings. The summed E-state index contributed by atoms with van der Waals surface area (Å²) in [5.74, 6) is 0.426. The number of rotatable bonds is 5. The summed E-state index contributed by atoms with van der Waals surface area (Å²) in [6.07, 6.45) is 1.66. The van der Waals surface area contributed by atoms with E-state index in [1.165, 1.54) is 12.1 Å². The van der Waals surface area contributed by atoms with E-state index in [0.717, 1.165) is 24.0 Å². The van der Waals surface area contributed by atoms with E-state index in [0.29, 0.717) is 23.9 Å². The van der Waals surface area contributed by atoms with Crippen LogP contribution in [0.4, 0.5) is 4.39 Å². The Balaban J connectivity index is 1.53. The fourth-order valence-corrected chi connectivity index (χ4v) is 3.33. The summed E-state index contributed by atoms with van der Waals surface area (Å²) in [7, 11) is 0. The van der Waals surface area contributed by atoms with Gasteiger partial charge in [0, 0.05) is 17.7 Å². The lowest BCUT2D eigenvalue weighted by atomic mass is 9.98. The second kappa shape index (κ2) is 7.90. The molecular formula is C21H20FN3O3. The number of amides is 1. The van der Waals surface area contributed by atoms with Crippen LogP contribution < -0.4 is 5.32 Å². The molecule has 4 rings (SSSR count). The molecule has 1 saturated heterocycles. The average Bonchev–Trinajstić information content (AvgIpc) is 3.39. The van der Waals surface area contributed by atoms with Crippen LogP contribution in [0.25, 0.3) is 11.5 Å². The van der Waals surface area contributed by atoms with Gasteiger partial charge in [-0.15, -0.1) is 0 Å². The Hall–Kier alpha value is -3.06. The van der Waals surface area contributed by atoms with Crippen molar-refractivity contribution in [3.05, 3.63) is 71.3 Å². The van der Waals surface area contributed by atoms with Crippen LogP contribution in [-0.2, 0) is 4.74 Å². The molecule has 7 heteroatoms. The molecule has 3 aromatic rings. The van der Waals surface area contributed by atoms with Gasteiger partial charge in [0.15, 0.2) is 5.82 Å². The highest BCUT2D eigenvalue weighted by Crippen LogP contribution is 2.28. The number of nitrogens with zero attached hydrogens (tertiary/aromatic N) is 2. The van der Waals surface area contributed by atoms with E-state index in [2.05, 4.69) is 15.5 Å². The van der Waals surface area contributed by atoms with Crippen LogP contribution in [0.5, 0.6) is 0 Å². The number of carbonyl (C=O) groups excluding carboxylic acids is 1. The number of hydrogen-bond donors (Lipinski definition) is 1. The number of ether oxygens (including phenoxy) is 1. The van der Waals surface area contributed by atoms with Crippen molar-refractivity contribution in [2.45, 2.75) is 31.9 Å². The highest BCUT2D eigenvalue weighted by Gasteiger charge is 2.29. The lowest BCUT2D eigenvalue weighted by Gasteiger charge is -2.25. The number of hydrogen-bond acceptors (Lipinski definition) is 5. The molecule has 144 valence electrons. The van der Waals surface area contributed by atoms with Gasteiger partial charge in [-0.1, -0.05) is 17.3 Å². The van der Waals surface area contributed by atoms with Crippen LogP contribution >= 0.6 is 0 Å². The molecule has 0 aliphatic carbocycles. The molecule has 1 amide bonds. The first kappa shape index (κ1) is 18.3. The smallest absolute Gasteiger partial charge is 0.257 e. The molecule has 0 unspecified atom stereocenters. The van der Waals surface area contributed by atoms with Gasteiger partial charge in [-0.25, -0.2) is 4.39 Å². The quantitative estimate of drug-likeness (QED) is 0.727. The molecule has 2 aromatic carbocycles. The Morgan fingerprint density at radius 1 is 1.18 bits per heavy atom. The first-order valence-electron chi connectivity index (χ1n) is 9.19. The number of nitrogens with one attached hydrogen (secondary N) is 1. The van der Waals surface area contributed by atoms with Crippen LogP contribution in [0.3, 0.4) is 0 Å². The minimum Gasteiger partial charge on any atom is -0.376 e. The van der Waals surface area contributed by atoms with Crippen molar-refractivity contribution in [1.82, 2.24) is 15.5 Å². The molecule has 0 saturated carbocycles. The van der Waals surface area contributed by atoms with Crippen molar-refractivity contribution in [1.29, 1.82) is 0 Å². The number of halogens is 1. The van der Waals surface area contributed by atoms with Gasteiger partial charge in [0.25, 0.3) is 11.8 Å². The molecule has 6 nitrogen and oxygen atoms in total. The molecule has 28 heavy (non-hydrogen) atoms. The van der Waals surface area contributed by atoms with Gasteiger partial charge in [-0.05, 0) is 61.7 Å². The molecule has 0 bridgehead atoms. The zero-order valence-corrected chi connectivity index (χ0v) is 15.4. The van der Waals surface area contributed by atoms with Crippen molar-refractivity contribution in [2.24, 2.45) is 0 Å². The third kappa shape index (κ3) is 3.94. The van der Waals surface area contributed by atoms with Crippen LogP contribution in [-0.4, -0.2) is 28.8 Å². The van der Waals surface area contributed by atoms with Crippen LogP contribution in [0.15, 0.2) is 53.1 Å². The predicted molar refractivity (Wildman–Crippen MR) is 100 cm³/mol. The van der Waals surface area contributed by atoms with Gasteiger partial charge >= 0.3 is 0 Å². The summed E-state index contributed by atoms with van der Waals surface area (Å²) in [6, 6.07) is 12.8. The highest BCUT2D eigenvalue weighted by molar-refractivity contribution is 5.94. The topological polar surface area (TPSA) is 77.2 Å². The van der Waals surface area contributed by atoms with Crippen LogP contribution in [0.1, 0.15) is 40.6 Å². The van der Waals surface area contributed by atoms with Crippen molar-refractivity contribution < 1.29 is 18.4 Å². The summed E-state index contributed by atoms with van der Waals surface area (Å²) >= 11 is 0. The Morgan fingerprint density at radius 2 is 1.93 bits per heavy atom. The molecule has 0 radical (unpaired) electrons. The van der Waals surface area contributed by atoms with E-state index in [-0.39, 0.29) is 23.9 Å². The average molecular weight is 381 g/mol. The maximum absolute atomic E-state index is 13.3. The standard InChI is InChI=1S/C21H20FN3O3/c1-13-23-21(28-25-13)16-6-4-15(5-7-16)20(26)24-19(18-3-2-12-27-18)14-8-10-17(22)11-9-14/h4-11,18-19H,2-3,12H2,1H3,(H,24,26)/t18-,19-/m0/s1. The predicted octanol–water partition coefficient (Wildman–Crippen LogP) is 3.83. The molecule has 1 fully saturated rings. The van der Waals surface area contributed by atoms with Crippen molar-refractivity contribution >= 4 is 5.91 Å². The number of aromatic nitrogens is 2. The molecule has 1 aromatic heterocycles. The highest BCUT2D eigenvalue weighted by atomic mass is 19.1. The van der Waals surface area contributed by atoms with Crippen molar-refractivity contribution in [3.8, 4) is 11.5 Å². The van der Waals surface area contributed by atoms with E-state index < -0.39 is 0 Å². The fourth-order valence-electron chi connectivity index (χ4n) is 3.33. The molecule has 2 heterocycles. The number of carbonyl (C=O) groups is 1. The summed E-state index contributed by atoms with van der Waals surface area (Å²) in [5, 5.41) is 6.80.